The Labute approximate surface area is 116 Å². The van der Waals surface area contributed by atoms with E-state index in [0.717, 1.165) is 33.5 Å². The maximum Gasteiger partial charge on any atom is 0.131 e. The van der Waals surface area contributed by atoms with Gasteiger partial charge in [0.05, 0.1) is 0 Å². The van der Waals surface area contributed by atoms with E-state index >= 15 is 0 Å². The Morgan fingerprint density at radius 2 is 1.89 bits per heavy atom. The van der Waals surface area contributed by atoms with Crippen molar-refractivity contribution in [2.45, 2.75) is 13.3 Å². The lowest BCUT2D eigenvalue weighted by Crippen LogP contribution is -2.04. The van der Waals surface area contributed by atoms with Crippen molar-refractivity contribution in [2.24, 2.45) is 5.73 Å². The highest BCUT2D eigenvalue weighted by Crippen LogP contribution is 2.30. The van der Waals surface area contributed by atoms with Crippen LogP contribution in [0.3, 0.4) is 0 Å². The number of halogens is 1. The largest absolute Gasteiger partial charge is 0.457 e. The molecule has 2 aromatic carbocycles. The van der Waals surface area contributed by atoms with Crippen LogP contribution in [0.4, 0.5) is 0 Å². The second-order valence-corrected chi connectivity index (χ2v) is 5.07. The number of benzene rings is 2. The predicted octanol–water partition coefficient (Wildman–Crippen LogP) is 4.05. The van der Waals surface area contributed by atoms with Crippen LogP contribution in [-0.2, 0) is 6.42 Å². The molecule has 0 spiro atoms. The Kier molecular flexibility index (Phi) is 4.39. The molecule has 2 N–H and O–H groups in total. The highest BCUT2D eigenvalue weighted by molar-refractivity contribution is 9.10. The van der Waals surface area contributed by atoms with Gasteiger partial charge < -0.3 is 10.5 Å². The summed E-state index contributed by atoms with van der Waals surface area (Å²) in [5.41, 5.74) is 7.87. The lowest BCUT2D eigenvalue weighted by molar-refractivity contribution is 0.472. The standard InChI is InChI=1S/C15H16BrNO/c1-11-4-2-3-5-14(11)18-15-10-13(16)7-6-12(15)8-9-17/h2-7,10H,8-9,17H2,1H3. The van der Waals surface area contributed by atoms with E-state index in [1.807, 2.05) is 49.4 Å². The topological polar surface area (TPSA) is 35.2 Å². The average Bonchev–Trinajstić information content (AvgIpc) is 2.36. The van der Waals surface area contributed by atoms with Crippen molar-refractivity contribution in [3.05, 3.63) is 58.1 Å². The molecular weight excluding hydrogens is 290 g/mol. The number of para-hydroxylation sites is 1. The minimum atomic E-state index is 0.617. The molecule has 2 rings (SSSR count). The zero-order valence-corrected chi connectivity index (χ0v) is 11.9. The van der Waals surface area contributed by atoms with Crippen molar-refractivity contribution in [2.75, 3.05) is 6.54 Å². The molecule has 18 heavy (non-hydrogen) atoms. The summed E-state index contributed by atoms with van der Waals surface area (Å²) in [4.78, 5) is 0. The maximum atomic E-state index is 5.99. The lowest BCUT2D eigenvalue weighted by atomic mass is 10.1. The van der Waals surface area contributed by atoms with E-state index in [9.17, 15) is 0 Å². The third-order valence-corrected chi connectivity index (χ3v) is 3.25. The fraction of sp³-hybridized carbons (Fsp3) is 0.200. The van der Waals surface area contributed by atoms with Gasteiger partial charge in [0.25, 0.3) is 0 Å². The average molecular weight is 306 g/mol. The minimum Gasteiger partial charge on any atom is -0.457 e. The summed E-state index contributed by atoms with van der Waals surface area (Å²) in [6.07, 6.45) is 0.814. The van der Waals surface area contributed by atoms with E-state index in [-0.39, 0.29) is 0 Å². The van der Waals surface area contributed by atoms with Gasteiger partial charge in [-0.15, -0.1) is 0 Å². The van der Waals surface area contributed by atoms with Crippen molar-refractivity contribution >= 4 is 15.9 Å². The van der Waals surface area contributed by atoms with E-state index in [1.165, 1.54) is 0 Å². The molecule has 0 aliphatic rings. The molecule has 0 unspecified atom stereocenters. The number of nitrogens with two attached hydrogens (primary N) is 1. The van der Waals surface area contributed by atoms with E-state index in [4.69, 9.17) is 10.5 Å². The molecule has 0 aliphatic heterocycles. The second kappa shape index (κ2) is 6.03. The molecule has 0 atom stereocenters. The van der Waals surface area contributed by atoms with Crippen LogP contribution in [0.2, 0.25) is 0 Å². The van der Waals surface area contributed by atoms with Crippen LogP contribution in [0.15, 0.2) is 46.9 Å². The Morgan fingerprint density at radius 1 is 1.11 bits per heavy atom. The molecule has 3 heteroatoms. The Morgan fingerprint density at radius 3 is 2.61 bits per heavy atom. The fourth-order valence-corrected chi connectivity index (χ4v) is 2.11. The molecule has 0 bridgehead atoms. The summed E-state index contributed by atoms with van der Waals surface area (Å²) in [7, 11) is 0. The molecule has 2 nitrogen and oxygen atoms in total. The second-order valence-electron chi connectivity index (χ2n) is 4.16. The Balaban J connectivity index is 2.33. The summed E-state index contributed by atoms with van der Waals surface area (Å²) in [5.74, 6) is 1.75. The molecule has 0 heterocycles. The first-order chi connectivity index (χ1) is 8.70. The summed E-state index contributed by atoms with van der Waals surface area (Å²) in [6.45, 7) is 2.65. The first-order valence-electron chi connectivity index (χ1n) is 5.92. The molecule has 0 saturated heterocycles. The summed E-state index contributed by atoms with van der Waals surface area (Å²) in [6, 6.07) is 14.0. The summed E-state index contributed by atoms with van der Waals surface area (Å²) in [5, 5.41) is 0. The van der Waals surface area contributed by atoms with Gasteiger partial charge >= 0.3 is 0 Å². The molecule has 0 aliphatic carbocycles. The fourth-order valence-electron chi connectivity index (χ4n) is 1.77. The van der Waals surface area contributed by atoms with Crippen LogP contribution in [0.25, 0.3) is 0 Å². The van der Waals surface area contributed by atoms with Gasteiger partial charge in [-0.1, -0.05) is 40.2 Å². The van der Waals surface area contributed by atoms with Crippen LogP contribution in [-0.4, -0.2) is 6.54 Å². The zero-order valence-electron chi connectivity index (χ0n) is 10.3. The van der Waals surface area contributed by atoms with Crippen LogP contribution < -0.4 is 10.5 Å². The van der Waals surface area contributed by atoms with Crippen LogP contribution in [0.1, 0.15) is 11.1 Å². The number of ether oxygens (including phenoxy) is 1. The lowest BCUT2D eigenvalue weighted by Gasteiger charge is -2.13. The first kappa shape index (κ1) is 13.1. The van der Waals surface area contributed by atoms with Crippen molar-refractivity contribution < 1.29 is 4.74 Å². The third-order valence-electron chi connectivity index (χ3n) is 2.76. The van der Waals surface area contributed by atoms with Crippen molar-refractivity contribution in [3.63, 3.8) is 0 Å². The Hall–Kier alpha value is -1.32. The molecule has 2 aromatic rings. The SMILES string of the molecule is Cc1ccccc1Oc1cc(Br)ccc1CCN. The highest BCUT2D eigenvalue weighted by atomic mass is 79.9. The van der Waals surface area contributed by atoms with Gasteiger partial charge in [-0.2, -0.15) is 0 Å². The van der Waals surface area contributed by atoms with Gasteiger partial charge in [0, 0.05) is 4.47 Å². The molecular formula is C15H16BrNO. The van der Waals surface area contributed by atoms with E-state index in [1.54, 1.807) is 0 Å². The molecule has 0 saturated carbocycles. The van der Waals surface area contributed by atoms with Crippen LogP contribution >= 0.6 is 15.9 Å². The van der Waals surface area contributed by atoms with Gasteiger partial charge in [-0.25, -0.2) is 0 Å². The molecule has 0 fully saturated rings. The molecule has 0 aromatic heterocycles. The molecule has 0 amide bonds. The maximum absolute atomic E-state index is 5.99. The van der Waals surface area contributed by atoms with Crippen molar-refractivity contribution in [3.8, 4) is 11.5 Å². The Bertz CT molecular complexity index is 540. The first-order valence-corrected chi connectivity index (χ1v) is 6.72. The van der Waals surface area contributed by atoms with Crippen molar-refractivity contribution in [1.29, 1.82) is 0 Å². The van der Waals surface area contributed by atoms with E-state index in [0.29, 0.717) is 6.54 Å². The number of rotatable bonds is 4. The zero-order chi connectivity index (χ0) is 13.0. The van der Waals surface area contributed by atoms with Crippen molar-refractivity contribution in [1.82, 2.24) is 0 Å². The molecule has 0 radical (unpaired) electrons. The number of hydrogen-bond donors (Lipinski definition) is 1. The van der Waals surface area contributed by atoms with Gasteiger partial charge in [-0.05, 0) is 49.2 Å². The number of aryl methyl sites for hydroxylation is 1. The number of hydrogen-bond acceptors (Lipinski definition) is 2. The quantitative estimate of drug-likeness (QED) is 0.925. The van der Waals surface area contributed by atoms with Gasteiger partial charge in [0.1, 0.15) is 11.5 Å². The summed E-state index contributed by atoms with van der Waals surface area (Å²) >= 11 is 3.47. The van der Waals surface area contributed by atoms with Crippen LogP contribution in [0, 0.1) is 6.92 Å². The van der Waals surface area contributed by atoms with Gasteiger partial charge in [0.15, 0.2) is 0 Å². The summed E-state index contributed by atoms with van der Waals surface area (Å²) < 4.78 is 6.99. The normalized spacial score (nSPS) is 10.4. The predicted molar refractivity (Wildman–Crippen MR) is 78.2 cm³/mol. The minimum absolute atomic E-state index is 0.617. The van der Waals surface area contributed by atoms with Gasteiger partial charge in [-0.3, -0.25) is 0 Å². The van der Waals surface area contributed by atoms with Crippen LogP contribution in [0.5, 0.6) is 11.5 Å². The molecule has 94 valence electrons. The van der Waals surface area contributed by atoms with E-state index < -0.39 is 0 Å². The third kappa shape index (κ3) is 3.12. The highest BCUT2D eigenvalue weighted by Gasteiger charge is 2.07. The smallest absolute Gasteiger partial charge is 0.131 e. The van der Waals surface area contributed by atoms with Gasteiger partial charge in [0.2, 0.25) is 0 Å². The monoisotopic (exact) mass is 305 g/mol. The van der Waals surface area contributed by atoms with E-state index in [2.05, 4.69) is 15.9 Å².